The molecule has 8 heteroatoms. The van der Waals surface area contributed by atoms with Crippen molar-refractivity contribution in [3.63, 3.8) is 0 Å². The Bertz CT molecular complexity index is 1010. The quantitative estimate of drug-likeness (QED) is 0.683. The molecule has 0 radical (unpaired) electrons. The van der Waals surface area contributed by atoms with Crippen LogP contribution in [0.3, 0.4) is 0 Å². The number of oxazole rings is 1. The van der Waals surface area contributed by atoms with Crippen molar-refractivity contribution in [1.29, 1.82) is 0 Å². The lowest BCUT2D eigenvalue weighted by atomic mass is 9.97. The molecular formula is C20H22FN3O3S. The molecule has 1 saturated heterocycles. The van der Waals surface area contributed by atoms with Crippen LogP contribution in [0, 0.1) is 11.7 Å². The van der Waals surface area contributed by atoms with Crippen molar-refractivity contribution in [2.75, 3.05) is 24.5 Å². The molecule has 3 aromatic rings. The maximum absolute atomic E-state index is 12.9. The SMILES string of the molecule is O=S(=O)(Cc1ccc(F)cc1)NCC1CCN(c2nc3ccccc3o2)CC1. The highest BCUT2D eigenvalue weighted by Gasteiger charge is 2.24. The first-order chi connectivity index (χ1) is 13.5. The first-order valence-corrected chi connectivity index (χ1v) is 11.0. The minimum absolute atomic E-state index is 0.144. The van der Waals surface area contributed by atoms with Gasteiger partial charge in [0.2, 0.25) is 10.0 Å². The van der Waals surface area contributed by atoms with Crippen LogP contribution in [-0.4, -0.2) is 33.0 Å². The Hall–Kier alpha value is -2.45. The van der Waals surface area contributed by atoms with Crippen LogP contribution in [-0.2, 0) is 15.8 Å². The third kappa shape index (κ3) is 4.51. The molecule has 1 N–H and O–H groups in total. The summed E-state index contributed by atoms with van der Waals surface area (Å²) < 4.78 is 46.0. The predicted octanol–water partition coefficient (Wildman–Crippen LogP) is 3.30. The van der Waals surface area contributed by atoms with Crippen LogP contribution in [0.2, 0.25) is 0 Å². The van der Waals surface area contributed by atoms with Crippen LogP contribution in [0.5, 0.6) is 0 Å². The fourth-order valence-corrected chi connectivity index (χ4v) is 4.64. The molecule has 148 valence electrons. The molecule has 6 nitrogen and oxygen atoms in total. The lowest BCUT2D eigenvalue weighted by Gasteiger charge is -2.30. The number of hydrogen-bond acceptors (Lipinski definition) is 5. The summed E-state index contributed by atoms with van der Waals surface area (Å²) in [6.07, 6.45) is 1.72. The summed E-state index contributed by atoms with van der Waals surface area (Å²) in [6, 6.07) is 13.8. The van der Waals surface area contributed by atoms with Gasteiger partial charge in [0.1, 0.15) is 11.3 Å². The minimum Gasteiger partial charge on any atom is -0.423 e. The summed E-state index contributed by atoms with van der Waals surface area (Å²) in [5.41, 5.74) is 2.18. The number of sulfonamides is 1. The van der Waals surface area contributed by atoms with E-state index in [1.165, 1.54) is 24.3 Å². The van der Waals surface area contributed by atoms with Gasteiger partial charge in [0.15, 0.2) is 5.58 Å². The van der Waals surface area contributed by atoms with Crippen molar-refractivity contribution >= 4 is 27.1 Å². The van der Waals surface area contributed by atoms with Crippen LogP contribution in [0.1, 0.15) is 18.4 Å². The molecule has 4 rings (SSSR count). The number of nitrogens with zero attached hydrogens (tertiary/aromatic N) is 2. The average molecular weight is 403 g/mol. The third-order valence-electron chi connectivity index (χ3n) is 5.03. The van der Waals surface area contributed by atoms with Gasteiger partial charge in [0.25, 0.3) is 6.01 Å². The highest BCUT2D eigenvalue weighted by molar-refractivity contribution is 7.88. The van der Waals surface area contributed by atoms with Crippen molar-refractivity contribution in [3.8, 4) is 0 Å². The number of aromatic nitrogens is 1. The Kier molecular flexibility index (Phi) is 5.32. The number of hydrogen-bond donors (Lipinski definition) is 1. The smallest absolute Gasteiger partial charge is 0.298 e. The summed E-state index contributed by atoms with van der Waals surface area (Å²) in [5, 5.41) is 0. The van der Waals surface area contributed by atoms with Gasteiger partial charge in [-0.1, -0.05) is 24.3 Å². The van der Waals surface area contributed by atoms with Crippen LogP contribution in [0.15, 0.2) is 52.9 Å². The second-order valence-corrected chi connectivity index (χ2v) is 8.94. The molecule has 28 heavy (non-hydrogen) atoms. The number of piperidine rings is 1. The largest absolute Gasteiger partial charge is 0.423 e. The van der Waals surface area contributed by atoms with Gasteiger partial charge in [-0.05, 0) is 48.6 Å². The topological polar surface area (TPSA) is 75.4 Å². The zero-order valence-corrected chi connectivity index (χ0v) is 16.2. The Labute approximate surface area is 163 Å². The van der Waals surface area contributed by atoms with Crippen LogP contribution in [0.4, 0.5) is 10.4 Å². The van der Waals surface area contributed by atoms with E-state index in [-0.39, 0.29) is 17.5 Å². The fraction of sp³-hybridized carbons (Fsp3) is 0.350. The summed E-state index contributed by atoms with van der Waals surface area (Å²) >= 11 is 0. The third-order valence-corrected chi connectivity index (χ3v) is 6.35. The minimum atomic E-state index is -3.45. The highest BCUT2D eigenvalue weighted by atomic mass is 32.2. The van der Waals surface area contributed by atoms with Crippen molar-refractivity contribution < 1.29 is 17.2 Å². The Morgan fingerprint density at radius 2 is 1.82 bits per heavy atom. The number of nitrogens with one attached hydrogen (secondary N) is 1. The zero-order chi connectivity index (χ0) is 19.6. The molecule has 0 saturated carbocycles. The monoisotopic (exact) mass is 403 g/mol. The van der Waals surface area contributed by atoms with Gasteiger partial charge in [-0.25, -0.2) is 17.5 Å². The summed E-state index contributed by atoms with van der Waals surface area (Å²) in [5.74, 6) is -0.252. The average Bonchev–Trinajstić information content (AvgIpc) is 3.13. The molecule has 1 aromatic heterocycles. The number of benzene rings is 2. The van der Waals surface area contributed by atoms with Crippen LogP contribution in [0.25, 0.3) is 11.1 Å². The summed E-state index contributed by atoms with van der Waals surface area (Å²) in [6.45, 7) is 1.96. The second kappa shape index (κ2) is 7.89. The Morgan fingerprint density at radius 3 is 2.54 bits per heavy atom. The van der Waals surface area contributed by atoms with Crippen molar-refractivity contribution in [3.05, 3.63) is 59.9 Å². The predicted molar refractivity (Wildman–Crippen MR) is 106 cm³/mol. The molecule has 2 aromatic carbocycles. The van der Waals surface area contributed by atoms with Gasteiger partial charge >= 0.3 is 0 Å². The standard InChI is InChI=1S/C20H22FN3O3S/c21-17-7-5-16(6-8-17)14-28(25,26)22-13-15-9-11-24(12-10-15)20-23-18-3-1-2-4-19(18)27-20/h1-8,15,22H,9-14H2. The highest BCUT2D eigenvalue weighted by Crippen LogP contribution is 2.26. The molecule has 0 spiro atoms. The number of fused-ring (bicyclic) bond motifs is 1. The van der Waals surface area contributed by atoms with Gasteiger partial charge in [-0.15, -0.1) is 0 Å². The molecule has 0 amide bonds. The Balaban J connectivity index is 1.28. The van der Waals surface area contributed by atoms with Crippen molar-refractivity contribution in [2.45, 2.75) is 18.6 Å². The van der Waals surface area contributed by atoms with Crippen LogP contribution >= 0.6 is 0 Å². The van der Waals surface area contributed by atoms with E-state index in [0.717, 1.165) is 37.0 Å². The molecule has 0 aliphatic carbocycles. The van der Waals surface area contributed by atoms with Crippen LogP contribution < -0.4 is 9.62 Å². The Morgan fingerprint density at radius 1 is 1.11 bits per heavy atom. The van der Waals surface area contributed by atoms with Crippen molar-refractivity contribution in [2.24, 2.45) is 5.92 Å². The number of halogens is 1. The molecule has 0 bridgehead atoms. The van der Waals surface area contributed by atoms with E-state index in [4.69, 9.17) is 4.42 Å². The molecule has 1 aliphatic heterocycles. The fourth-order valence-electron chi connectivity index (χ4n) is 3.42. The number of rotatable bonds is 6. The van der Waals surface area contributed by atoms with Gasteiger partial charge in [0.05, 0.1) is 5.75 Å². The van der Waals surface area contributed by atoms with Gasteiger partial charge in [0, 0.05) is 19.6 Å². The van der Waals surface area contributed by atoms with E-state index in [9.17, 15) is 12.8 Å². The maximum Gasteiger partial charge on any atom is 0.298 e. The first kappa shape index (κ1) is 18.9. The van der Waals surface area contributed by atoms with E-state index >= 15 is 0 Å². The lowest BCUT2D eigenvalue weighted by molar-refractivity contribution is 0.387. The lowest BCUT2D eigenvalue weighted by Crippen LogP contribution is -2.39. The molecular weight excluding hydrogens is 381 g/mol. The van der Waals surface area contributed by atoms with E-state index in [2.05, 4.69) is 14.6 Å². The van der Waals surface area contributed by atoms with Gasteiger partial charge < -0.3 is 9.32 Å². The molecule has 1 aliphatic rings. The second-order valence-electron chi connectivity index (χ2n) is 7.13. The van der Waals surface area contributed by atoms with Crippen molar-refractivity contribution in [1.82, 2.24) is 9.71 Å². The first-order valence-electron chi connectivity index (χ1n) is 9.31. The normalized spacial score (nSPS) is 16.0. The van der Waals surface area contributed by atoms with E-state index in [1.54, 1.807) is 0 Å². The molecule has 0 unspecified atom stereocenters. The van der Waals surface area contributed by atoms with E-state index < -0.39 is 10.0 Å². The summed E-state index contributed by atoms with van der Waals surface area (Å²) in [4.78, 5) is 6.62. The summed E-state index contributed by atoms with van der Waals surface area (Å²) in [7, 11) is -3.45. The van der Waals surface area contributed by atoms with E-state index in [0.29, 0.717) is 18.1 Å². The zero-order valence-electron chi connectivity index (χ0n) is 15.3. The van der Waals surface area contributed by atoms with Gasteiger partial charge in [-0.2, -0.15) is 4.98 Å². The number of anilines is 1. The molecule has 1 fully saturated rings. The molecule has 0 atom stereocenters. The van der Waals surface area contributed by atoms with Gasteiger partial charge in [-0.3, -0.25) is 0 Å². The van der Waals surface area contributed by atoms with E-state index in [1.807, 2.05) is 24.3 Å². The number of para-hydroxylation sites is 2. The maximum atomic E-state index is 12.9. The molecule has 2 heterocycles.